The summed E-state index contributed by atoms with van der Waals surface area (Å²) in [6.45, 7) is 5.65. The summed E-state index contributed by atoms with van der Waals surface area (Å²) in [5.41, 5.74) is 4.17. The molecule has 1 aliphatic rings. The second-order valence-electron chi connectivity index (χ2n) is 7.82. The molecule has 26 heavy (non-hydrogen) atoms. The smallest absolute Gasteiger partial charge is 0.123 e. The Labute approximate surface area is 156 Å². The molecule has 0 radical (unpaired) electrons. The predicted molar refractivity (Wildman–Crippen MR) is 105 cm³/mol. The second-order valence-corrected chi connectivity index (χ2v) is 7.82. The number of rotatable bonds is 6. The molecule has 2 N–H and O–H groups in total. The number of nitrogens with one attached hydrogen (secondary N) is 1. The molecule has 0 saturated heterocycles. The summed E-state index contributed by atoms with van der Waals surface area (Å²) < 4.78 is 13.1. The molecule has 0 bridgehead atoms. The van der Waals surface area contributed by atoms with Crippen LogP contribution < -0.4 is 5.32 Å². The molecule has 1 unspecified atom stereocenters. The van der Waals surface area contributed by atoms with Crippen LogP contribution in [0.1, 0.15) is 60.3 Å². The molecule has 2 aromatic rings. The van der Waals surface area contributed by atoms with E-state index in [0.29, 0.717) is 6.54 Å². The van der Waals surface area contributed by atoms with Crippen LogP contribution in [-0.2, 0) is 6.54 Å². The molecule has 140 valence electrons. The highest BCUT2D eigenvalue weighted by molar-refractivity contribution is 5.34. The van der Waals surface area contributed by atoms with Crippen LogP contribution in [0, 0.1) is 19.7 Å². The first kappa shape index (κ1) is 19.1. The summed E-state index contributed by atoms with van der Waals surface area (Å²) >= 11 is 0. The van der Waals surface area contributed by atoms with E-state index in [1.165, 1.54) is 35.2 Å². The molecular formula is C23H30FNO. The maximum absolute atomic E-state index is 13.1. The van der Waals surface area contributed by atoms with Gasteiger partial charge in [-0.15, -0.1) is 0 Å². The lowest BCUT2D eigenvalue weighted by Crippen LogP contribution is -2.43. The van der Waals surface area contributed by atoms with Gasteiger partial charge < -0.3 is 10.4 Å². The fourth-order valence-electron chi connectivity index (χ4n) is 4.08. The van der Waals surface area contributed by atoms with Crippen molar-refractivity contribution in [3.05, 3.63) is 70.5 Å². The van der Waals surface area contributed by atoms with Crippen LogP contribution >= 0.6 is 0 Å². The third-order valence-corrected chi connectivity index (χ3v) is 5.89. The van der Waals surface area contributed by atoms with Gasteiger partial charge in [0.2, 0.25) is 0 Å². The first-order chi connectivity index (χ1) is 12.5. The zero-order valence-corrected chi connectivity index (χ0v) is 15.9. The van der Waals surface area contributed by atoms with Crippen LogP contribution in [0.4, 0.5) is 4.39 Å². The van der Waals surface area contributed by atoms with Gasteiger partial charge in [-0.3, -0.25) is 0 Å². The number of benzene rings is 2. The topological polar surface area (TPSA) is 32.3 Å². The molecule has 1 aliphatic carbocycles. The summed E-state index contributed by atoms with van der Waals surface area (Å²) in [5.74, 6) is -0.138. The van der Waals surface area contributed by atoms with Crippen molar-refractivity contribution in [2.45, 2.75) is 64.0 Å². The fourth-order valence-corrected chi connectivity index (χ4v) is 4.08. The third kappa shape index (κ3) is 4.52. The Morgan fingerprint density at radius 2 is 1.69 bits per heavy atom. The lowest BCUT2D eigenvalue weighted by molar-refractivity contribution is -0.0216. The zero-order chi connectivity index (χ0) is 18.6. The summed E-state index contributed by atoms with van der Waals surface area (Å²) in [4.78, 5) is 0. The SMILES string of the molecule is Cc1ccc(C(CNCc2ccc(F)cc2)C2(O)CCCCC2)cc1C. The molecule has 1 saturated carbocycles. The zero-order valence-electron chi connectivity index (χ0n) is 15.9. The van der Waals surface area contributed by atoms with Gasteiger partial charge >= 0.3 is 0 Å². The first-order valence-electron chi connectivity index (χ1n) is 9.73. The van der Waals surface area contributed by atoms with E-state index in [4.69, 9.17) is 0 Å². The van der Waals surface area contributed by atoms with Gasteiger partial charge in [-0.2, -0.15) is 0 Å². The molecule has 3 rings (SSSR count). The minimum Gasteiger partial charge on any atom is -0.389 e. The lowest BCUT2D eigenvalue weighted by atomic mass is 9.72. The summed E-state index contributed by atoms with van der Waals surface area (Å²) in [7, 11) is 0. The first-order valence-corrected chi connectivity index (χ1v) is 9.73. The van der Waals surface area contributed by atoms with Gasteiger partial charge in [-0.1, -0.05) is 49.6 Å². The normalized spacial score (nSPS) is 17.8. The van der Waals surface area contributed by atoms with Crippen molar-refractivity contribution in [1.82, 2.24) is 5.32 Å². The van der Waals surface area contributed by atoms with E-state index in [1.54, 1.807) is 0 Å². The number of aliphatic hydroxyl groups is 1. The maximum Gasteiger partial charge on any atom is 0.123 e. The molecule has 2 nitrogen and oxygen atoms in total. The molecule has 0 heterocycles. The van der Waals surface area contributed by atoms with E-state index in [1.807, 2.05) is 12.1 Å². The average Bonchev–Trinajstić information content (AvgIpc) is 2.63. The minimum absolute atomic E-state index is 0.0718. The Bertz CT molecular complexity index is 719. The van der Waals surface area contributed by atoms with E-state index in [9.17, 15) is 9.50 Å². The summed E-state index contributed by atoms with van der Waals surface area (Å²) in [6, 6.07) is 13.2. The van der Waals surface area contributed by atoms with Crippen molar-refractivity contribution >= 4 is 0 Å². The van der Waals surface area contributed by atoms with Gasteiger partial charge in [-0.25, -0.2) is 4.39 Å². The van der Waals surface area contributed by atoms with Crippen molar-refractivity contribution in [2.75, 3.05) is 6.54 Å². The molecule has 0 aliphatic heterocycles. The average molecular weight is 355 g/mol. The monoisotopic (exact) mass is 355 g/mol. The standard InChI is InChI=1S/C23H30FNO/c1-17-6-9-20(14-18(17)2)22(23(26)12-4-3-5-13-23)16-25-15-19-7-10-21(24)11-8-19/h6-11,14,22,25-26H,3-5,12-13,15-16H2,1-2H3. The summed E-state index contributed by atoms with van der Waals surface area (Å²) in [6.07, 6.45) is 5.13. The van der Waals surface area contributed by atoms with Gasteiger partial charge in [0, 0.05) is 19.0 Å². The van der Waals surface area contributed by atoms with Gasteiger partial charge in [0.05, 0.1) is 5.60 Å². The number of halogens is 1. The molecule has 0 aromatic heterocycles. The van der Waals surface area contributed by atoms with Crippen molar-refractivity contribution < 1.29 is 9.50 Å². The highest BCUT2D eigenvalue weighted by atomic mass is 19.1. The largest absolute Gasteiger partial charge is 0.389 e. The second kappa shape index (κ2) is 8.32. The van der Waals surface area contributed by atoms with Crippen molar-refractivity contribution in [3.8, 4) is 0 Å². The molecule has 0 spiro atoms. The Kier molecular flexibility index (Phi) is 6.10. The number of aryl methyl sites for hydroxylation is 2. The van der Waals surface area contributed by atoms with Crippen molar-refractivity contribution in [3.63, 3.8) is 0 Å². The van der Waals surface area contributed by atoms with Gasteiger partial charge in [0.15, 0.2) is 0 Å². The summed E-state index contributed by atoms with van der Waals surface area (Å²) in [5, 5.41) is 14.9. The molecule has 3 heteroatoms. The number of hydrogen-bond donors (Lipinski definition) is 2. The molecule has 1 atom stereocenters. The Hall–Kier alpha value is -1.71. The van der Waals surface area contributed by atoms with Crippen LogP contribution in [0.2, 0.25) is 0 Å². The maximum atomic E-state index is 13.1. The van der Waals surface area contributed by atoms with Crippen LogP contribution in [-0.4, -0.2) is 17.3 Å². The van der Waals surface area contributed by atoms with E-state index in [-0.39, 0.29) is 11.7 Å². The van der Waals surface area contributed by atoms with E-state index >= 15 is 0 Å². The van der Waals surface area contributed by atoms with Crippen LogP contribution in [0.25, 0.3) is 0 Å². The molecule has 1 fully saturated rings. The van der Waals surface area contributed by atoms with E-state index in [2.05, 4.69) is 37.4 Å². The third-order valence-electron chi connectivity index (χ3n) is 5.89. The highest BCUT2D eigenvalue weighted by Crippen LogP contribution is 2.40. The minimum atomic E-state index is -0.643. The van der Waals surface area contributed by atoms with Crippen LogP contribution in [0.5, 0.6) is 0 Å². The molecular weight excluding hydrogens is 325 g/mol. The van der Waals surface area contributed by atoms with Crippen molar-refractivity contribution in [1.29, 1.82) is 0 Å². The van der Waals surface area contributed by atoms with Crippen LogP contribution in [0.3, 0.4) is 0 Å². The van der Waals surface area contributed by atoms with Gasteiger partial charge in [0.25, 0.3) is 0 Å². The predicted octanol–water partition coefficient (Wildman–Crippen LogP) is 5.01. The quantitative estimate of drug-likeness (QED) is 0.763. The van der Waals surface area contributed by atoms with E-state index < -0.39 is 5.60 Å². The van der Waals surface area contributed by atoms with Gasteiger partial charge in [0.1, 0.15) is 5.82 Å². The van der Waals surface area contributed by atoms with Crippen molar-refractivity contribution in [2.24, 2.45) is 0 Å². The Morgan fingerprint density at radius 1 is 1.00 bits per heavy atom. The fraction of sp³-hybridized carbons (Fsp3) is 0.478. The lowest BCUT2D eigenvalue weighted by Gasteiger charge is -2.40. The van der Waals surface area contributed by atoms with E-state index in [0.717, 1.165) is 37.8 Å². The molecule has 2 aromatic carbocycles. The van der Waals surface area contributed by atoms with Crippen LogP contribution in [0.15, 0.2) is 42.5 Å². The Morgan fingerprint density at radius 3 is 2.35 bits per heavy atom. The van der Waals surface area contributed by atoms with Gasteiger partial charge in [-0.05, 0) is 61.1 Å². The molecule has 0 amide bonds. The Balaban J connectivity index is 1.76. The number of hydrogen-bond acceptors (Lipinski definition) is 2. The highest BCUT2D eigenvalue weighted by Gasteiger charge is 2.38.